The van der Waals surface area contributed by atoms with E-state index in [0.717, 1.165) is 0 Å². The molecule has 0 saturated carbocycles. The Morgan fingerprint density at radius 1 is 1.00 bits per heavy atom. The van der Waals surface area contributed by atoms with Crippen LogP contribution in [0.15, 0.2) is 48.5 Å². The number of hydrogen-bond acceptors (Lipinski definition) is 4. The molecule has 0 radical (unpaired) electrons. The SMILES string of the molecule is O=C(O)c1ccccc1Oc1ccc(B(O)O)cc1. The molecule has 0 spiro atoms. The summed E-state index contributed by atoms with van der Waals surface area (Å²) in [6, 6.07) is 12.3. The van der Waals surface area contributed by atoms with Gasteiger partial charge in [0, 0.05) is 0 Å². The molecule has 2 rings (SSSR count). The topological polar surface area (TPSA) is 87.0 Å². The van der Waals surface area contributed by atoms with Crippen LogP contribution in [-0.2, 0) is 0 Å². The number of hydrogen-bond donors (Lipinski definition) is 3. The van der Waals surface area contributed by atoms with Crippen LogP contribution in [0.5, 0.6) is 11.5 Å². The van der Waals surface area contributed by atoms with Crippen molar-refractivity contribution < 1.29 is 24.7 Å². The van der Waals surface area contributed by atoms with Crippen LogP contribution < -0.4 is 10.2 Å². The Hall–Kier alpha value is -2.31. The monoisotopic (exact) mass is 258 g/mol. The molecular formula is C13H11BO5. The van der Waals surface area contributed by atoms with Crippen LogP contribution in [-0.4, -0.2) is 28.2 Å². The van der Waals surface area contributed by atoms with Gasteiger partial charge in [0.25, 0.3) is 0 Å². The third-order valence-electron chi connectivity index (χ3n) is 2.52. The van der Waals surface area contributed by atoms with E-state index in [-0.39, 0.29) is 11.3 Å². The standard InChI is InChI=1S/C13H11BO5/c15-13(16)11-3-1-2-4-12(11)19-10-7-5-9(6-8-10)14(17)18/h1-8,17-18H,(H,15,16). The van der Waals surface area contributed by atoms with Crippen LogP contribution in [0.2, 0.25) is 0 Å². The van der Waals surface area contributed by atoms with Gasteiger partial charge in [0.2, 0.25) is 0 Å². The second-order valence-electron chi connectivity index (χ2n) is 3.85. The molecule has 19 heavy (non-hydrogen) atoms. The first-order valence-corrected chi connectivity index (χ1v) is 5.54. The van der Waals surface area contributed by atoms with Gasteiger partial charge in [-0.1, -0.05) is 24.3 Å². The maximum atomic E-state index is 11.0. The van der Waals surface area contributed by atoms with Crippen molar-refractivity contribution in [3.63, 3.8) is 0 Å². The largest absolute Gasteiger partial charge is 0.488 e. The Labute approximate surface area is 109 Å². The lowest BCUT2D eigenvalue weighted by molar-refractivity contribution is 0.0694. The normalized spacial score (nSPS) is 10.0. The summed E-state index contributed by atoms with van der Waals surface area (Å²) in [6.45, 7) is 0. The molecule has 0 amide bonds. The Morgan fingerprint density at radius 3 is 2.21 bits per heavy atom. The zero-order valence-corrected chi connectivity index (χ0v) is 9.85. The number of carboxylic acid groups (broad SMARTS) is 1. The number of carbonyl (C=O) groups is 1. The van der Waals surface area contributed by atoms with Crippen LogP contribution in [0, 0.1) is 0 Å². The second-order valence-corrected chi connectivity index (χ2v) is 3.85. The van der Waals surface area contributed by atoms with Crippen molar-refractivity contribution in [2.75, 3.05) is 0 Å². The number of benzene rings is 2. The minimum absolute atomic E-state index is 0.0637. The fourth-order valence-electron chi connectivity index (χ4n) is 1.57. The van der Waals surface area contributed by atoms with Crippen molar-refractivity contribution in [1.82, 2.24) is 0 Å². The molecule has 0 aliphatic rings. The van der Waals surface area contributed by atoms with E-state index in [1.807, 2.05) is 0 Å². The summed E-state index contributed by atoms with van der Waals surface area (Å²) >= 11 is 0. The average molecular weight is 258 g/mol. The third kappa shape index (κ3) is 3.12. The Morgan fingerprint density at radius 2 is 1.63 bits per heavy atom. The van der Waals surface area contributed by atoms with Gasteiger partial charge in [0.1, 0.15) is 17.1 Å². The summed E-state index contributed by atoms with van der Waals surface area (Å²) in [5, 5.41) is 26.9. The molecule has 96 valence electrons. The molecule has 2 aromatic carbocycles. The summed E-state index contributed by atoms with van der Waals surface area (Å²) < 4.78 is 5.46. The molecule has 0 fully saturated rings. The van der Waals surface area contributed by atoms with Gasteiger partial charge in [-0.15, -0.1) is 0 Å². The van der Waals surface area contributed by atoms with E-state index < -0.39 is 13.1 Å². The lowest BCUT2D eigenvalue weighted by Gasteiger charge is -2.09. The first-order chi connectivity index (χ1) is 9.08. The first kappa shape index (κ1) is 13.1. The first-order valence-electron chi connectivity index (χ1n) is 5.54. The van der Waals surface area contributed by atoms with E-state index in [2.05, 4.69) is 0 Å². The lowest BCUT2D eigenvalue weighted by Crippen LogP contribution is -2.29. The minimum atomic E-state index is -1.54. The molecule has 0 unspecified atom stereocenters. The van der Waals surface area contributed by atoms with Crippen molar-refractivity contribution in [2.24, 2.45) is 0 Å². The zero-order chi connectivity index (χ0) is 13.8. The average Bonchev–Trinajstić information content (AvgIpc) is 2.39. The molecule has 0 heterocycles. The zero-order valence-electron chi connectivity index (χ0n) is 9.85. The van der Waals surface area contributed by atoms with Gasteiger partial charge in [-0.2, -0.15) is 0 Å². The van der Waals surface area contributed by atoms with E-state index in [1.165, 1.54) is 30.3 Å². The predicted molar refractivity (Wildman–Crippen MR) is 69.7 cm³/mol. The van der Waals surface area contributed by atoms with E-state index in [4.69, 9.17) is 19.9 Å². The molecule has 0 saturated heterocycles. The smallest absolute Gasteiger partial charge is 0.478 e. The summed E-state index contributed by atoms with van der Waals surface area (Å²) in [4.78, 5) is 11.0. The van der Waals surface area contributed by atoms with Crippen LogP contribution in [0.1, 0.15) is 10.4 Å². The lowest BCUT2D eigenvalue weighted by atomic mass is 9.80. The van der Waals surface area contributed by atoms with Gasteiger partial charge in [-0.25, -0.2) is 4.79 Å². The van der Waals surface area contributed by atoms with Gasteiger partial charge >= 0.3 is 13.1 Å². The van der Waals surface area contributed by atoms with Crippen molar-refractivity contribution >= 4 is 18.6 Å². The summed E-state index contributed by atoms with van der Waals surface area (Å²) in [5.41, 5.74) is 0.396. The van der Waals surface area contributed by atoms with E-state index >= 15 is 0 Å². The van der Waals surface area contributed by atoms with Gasteiger partial charge in [-0.3, -0.25) is 0 Å². The molecule has 5 nitrogen and oxygen atoms in total. The van der Waals surface area contributed by atoms with Crippen molar-refractivity contribution in [2.45, 2.75) is 0 Å². The van der Waals surface area contributed by atoms with Crippen LogP contribution in [0.4, 0.5) is 0 Å². The summed E-state index contributed by atoms with van der Waals surface area (Å²) in [5.74, 6) is -0.427. The second kappa shape index (κ2) is 5.56. The van der Waals surface area contributed by atoms with Crippen molar-refractivity contribution in [1.29, 1.82) is 0 Å². The number of ether oxygens (including phenoxy) is 1. The Balaban J connectivity index is 2.24. The number of aromatic carboxylic acids is 1. The number of carboxylic acids is 1. The molecular weight excluding hydrogens is 247 g/mol. The fraction of sp³-hybridized carbons (Fsp3) is 0. The molecule has 0 aliphatic heterocycles. The highest BCUT2D eigenvalue weighted by atomic mass is 16.5. The molecule has 0 atom stereocenters. The van der Waals surface area contributed by atoms with E-state index in [0.29, 0.717) is 11.2 Å². The van der Waals surface area contributed by atoms with Crippen molar-refractivity contribution in [3.8, 4) is 11.5 Å². The minimum Gasteiger partial charge on any atom is -0.478 e. The quantitative estimate of drug-likeness (QED) is 0.708. The Bertz CT molecular complexity index is 580. The Kier molecular flexibility index (Phi) is 3.84. The van der Waals surface area contributed by atoms with Crippen LogP contribution in [0.25, 0.3) is 0 Å². The number of para-hydroxylation sites is 1. The predicted octanol–water partition coefficient (Wildman–Crippen LogP) is 0.857. The van der Waals surface area contributed by atoms with Gasteiger partial charge in [0.05, 0.1) is 0 Å². The van der Waals surface area contributed by atoms with Crippen LogP contribution in [0.3, 0.4) is 0 Å². The van der Waals surface area contributed by atoms with Crippen LogP contribution >= 0.6 is 0 Å². The highest BCUT2D eigenvalue weighted by Crippen LogP contribution is 2.24. The van der Waals surface area contributed by atoms with E-state index in [1.54, 1.807) is 18.2 Å². The number of rotatable bonds is 4. The molecule has 3 N–H and O–H groups in total. The van der Waals surface area contributed by atoms with Gasteiger partial charge in [0.15, 0.2) is 0 Å². The third-order valence-corrected chi connectivity index (χ3v) is 2.52. The molecule has 0 aromatic heterocycles. The maximum absolute atomic E-state index is 11.0. The molecule has 0 bridgehead atoms. The summed E-state index contributed by atoms with van der Waals surface area (Å²) in [7, 11) is -1.54. The molecule has 0 aliphatic carbocycles. The van der Waals surface area contributed by atoms with Gasteiger partial charge < -0.3 is 19.9 Å². The summed E-state index contributed by atoms with van der Waals surface area (Å²) in [6.07, 6.45) is 0. The maximum Gasteiger partial charge on any atom is 0.488 e. The van der Waals surface area contributed by atoms with Gasteiger partial charge in [-0.05, 0) is 29.7 Å². The molecule has 2 aromatic rings. The van der Waals surface area contributed by atoms with E-state index in [9.17, 15) is 4.79 Å². The highest BCUT2D eigenvalue weighted by Gasteiger charge is 2.12. The molecule has 6 heteroatoms. The van der Waals surface area contributed by atoms with Crippen molar-refractivity contribution in [3.05, 3.63) is 54.1 Å². The highest BCUT2D eigenvalue weighted by molar-refractivity contribution is 6.58. The fourth-order valence-corrected chi connectivity index (χ4v) is 1.57.